The fraction of sp³-hybridized carbons (Fsp3) is 0.316. The number of hydrogen-bond acceptors (Lipinski definition) is 3. The lowest BCUT2D eigenvalue weighted by molar-refractivity contribution is 0.0977. The topological polar surface area (TPSA) is 57.5 Å². The molecule has 0 heterocycles. The van der Waals surface area contributed by atoms with Crippen LogP contribution in [0.1, 0.15) is 53.2 Å². The molecule has 116 valence electrons. The second kappa shape index (κ2) is 6.65. The van der Waals surface area contributed by atoms with Gasteiger partial charge in [-0.25, -0.2) is 0 Å². The smallest absolute Gasteiger partial charge is 0.170 e. The van der Waals surface area contributed by atoms with Crippen LogP contribution in [-0.2, 0) is 6.42 Å². The molecule has 2 aromatic rings. The van der Waals surface area contributed by atoms with Gasteiger partial charge >= 0.3 is 0 Å². The summed E-state index contributed by atoms with van der Waals surface area (Å²) < 4.78 is 0. The summed E-state index contributed by atoms with van der Waals surface area (Å²) in [6.07, 6.45) is 0.842. The Morgan fingerprint density at radius 3 is 2.09 bits per heavy atom. The number of Topliss-reactive ketones (excluding diaryl/α,β-unsaturated/α-hetero) is 1. The average molecular weight is 298 g/mol. The van der Waals surface area contributed by atoms with E-state index in [9.17, 15) is 15.0 Å². The van der Waals surface area contributed by atoms with E-state index >= 15 is 0 Å². The molecule has 3 nitrogen and oxygen atoms in total. The molecule has 0 bridgehead atoms. The Bertz CT molecular complexity index is 647. The van der Waals surface area contributed by atoms with E-state index in [0.29, 0.717) is 12.3 Å². The Morgan fingerprint density at radius 1 is 1.05 bits per heavy atom. The molecular weight excluding hydrogens is 276 g/mol. The van der Waals surface area contributed by atoms with E-state index < -0.39 is 0 Å². The second-order valence-corrected chi connectivity index (χ2v) is 6.00. The average Bonchev–Trinajstić information content (AvgIpc) is 2.44. The maximum atomic E-state index is 12.2. The number of rotatable bonds is 5. The Balaban J connectivity index is 2.07. The van der Waals surface area contributed by atoms with Crippen LogP contribution in [0.5, 0.6) is 11.5 Å². The minimum absolute atomic E-state index is 0.0180. The van der Waals surface area contributed by atoms with Crippen LogP contribution in [0, 0.1) is 6.92 Å². The number of ketones is 1. The molecular formula is C19H22O3. The number of hydrogen-bond donors (Lipinski definition) is 2. The minimum atomic E-state index is -0.247. The van der Waals surface area contributed by atoms with E-state index in [0.717, 1.165) is 11.1 Å². The van der Waals surface area contributed by atoms with Crippen LogP contribution in [-0.4, -0.2) is 16.0 Å². The van der Waals surface area contributed by atoms with Crippen molar-refractivity contribution in [3.05, 3.63) is 58.7 Å². The molecule has 3 heteroatoms. The molecule has 2 N–H and O–H groups in total. The molecule has 0 fully saturated rings. The maximum Gasteiger partial charge on any atom is 0.170 e. The van der Waals surface area contributed by atoms with Crippen LogP contribution < -0.4 is 0 Å². The second-order valence-electron chi connectivity index (χ2n) is 6.00. The van der Waals surface area contributed by atoms with E-state index in [4.69, 9.17) is 0 Å². The van der Waals surface area contributed by atoms with Gasteiger partial charge in [0.15, 0.2) is 5.78 Å². The summed E-state index contributed by atoms with van der Waals surface area (Å²) in [6.45, 7) is 6.03. The van der Waals surface area contributed by atoms with Crippen molar-refractivity contribution in [2.75, 3.05) is 0 Å². The molecule has 0 aliphatic carbocycles. The summed E-state index contributed by atoms with van der Waals surface area (Å²) >= 11 is 0. The lowest BCUT2D eigenvalue weighted by Gasteiger charge is -2.09. The SMILES string of the molecule is Cc1cc(O)c(C(=O)CCc2ccc(C(C)C)cc2)c(O)c1. The lowest BCUT2D eigenvalue weighted by atomic mass is 9.97. The van der Waals surface area contributed by atoms with E-state index in [1.165, 1.54) is 17.7 Å². The standard InChI is InChI=1S/C19H22O3/c1-12(2)15-7-4-14(5-8-15)6-9-16(20)19-17(21)10-13(3)11-18(19)22/h4-5,7-8,10-12,21-22H,6,9H2,1-3H3. The summed E-state index contributed by atoms with van der Waals surface area (Å²) in [5.41, 5.74) is 3.08. The van der Waals surface area contributed by atoms with Crippen LogP contribution in [0.4, 0.5) is 0 Å². The van der Waals surface area contributed by atoms with Gasteiger partial charge < -0.3 is 10.2 Å². The van der Waals surface area contributed by atoms with Crippen molar-refractivity contribution in [1.29, 1.82) is 0 Å². The Labute approximate surface area is 131 Å². The van der Waals surface area contributed by atoms with Crippen molar-refractivity contribution in [1.82, 2.24) is 0 Å². The van der Waals surface area contributed by atoms with Crippen LogP contribution >= 0.6 is 0 Å². The van der Waals surface area contributed by atoms with Gasteiger partial charge in [0.1, 0.15) is 17.1 Å². The Kier molecular flexibility index (Phi) is 4.86. The van der Waals surface area contributed by atoms with Crippen LogP contribution in [0.25, 0.3) is 0 Å². The lowest BCUT2D eigenvalue weighted by Crippen LogP contribution is -2.03. The quantitative estimate of drug-likeness (QED) is 0.807. The highest BCUT2D eigenvalue weighted by Gasteiger charge is 2.16. The highest BCUT2D eigenvalue weighted by Crippen LogP contribution is 2.30. The van der Waals surface area contributed by atoms with Gasteiger partial charge in [0, 0.05) is 6.42 Å². The number of aromatic hydroxyl groups is 2. The zero-order valence-corrected chi connectivity index (χ0v) is 13.3. The molecule has 0 atom stereocenters. The molecule has 0 aliphatic rings. The van der Waals surface area contributed by atoms with Crippen molar-refractivity contribution >= 4 is 5.78 Å². The largest absolute Gasteiger partial charge is 0.507 e. The molecule has 22 heavy (non-hydrogen) atoms. The first-order valence-corrected chi connectivity index (χ1v) is 7.53. The van der Waals surface area contributed by atoms with E-state index in [2.05, 4.69) is 26.0 Å². The number of phenols is 2. The fourth-order valence-electron chi connectivity index (χ4n) is 2.49. The minimum Gasteiger partial charge on any atom is -0.507 e. The van der Waals surface area contributed by atoms with Gasteiger partial charge in [0.05, 0.1) is 0 Å². The summed E-state index contributed by atoms with van der Waals surface area (Å²) in [6, 6.07) is 11.2. The Hall–Kier alpha value is -2.29. The highest BCUT2D eigenvalue weighted by atomic mass is 16.3. The summed E-state index contributed by atoms with van der Waals surface area (Å²) in [7, 11) is 0. The van der Waals surface area contributed by atoms with Gasteiger partial charge in [-0.05, 0) is 48.1 Å². The van der Waals surface area contributed by atoms with Crippen molar-refractivity contribution in [2.24, 2.45) is 0 Å². The molecule has 0 saturated carbocycles. The van der Waals surface area contributed by atoms with Crippen LogP contribution in [0.2, 0.25) is 0 Å². The first-order valence-electron chi connectivity index (χ1n) is 7.53. The number of phenolic OH excluding ortho intramolecular Hbond substituents is 2. The molecule has 0 unspecified atom stereocenters. The molecule has 0 saturated heterocycles. The fourth-order valence-corrected chi connectivity index (χ4v) is 2.49. The zero-order valence-electron chi connectivity index (χ0n) is 13.3. The van der Waals surface area contributed by atoms with Crippen molar-refractivity contribution in [3.63, 3.8) is 0 Å². The van der Waals surface area contributed by atoms with Crippen LogP contribution in [0.15, 0.2) is 36.4 Å². The third-order valence-corrected chi connectivity index (χ3v) is 3.81. The number of benzene rings is 2. The van der Waals surface area contributed by atoms with Crippen LogP contribution in [0.3, 0.4) is 0 Å². The molecule has 0 amide bonds. The first kappa shape index (κ1) is 16.1. The predicted octanol–water partition coefficient (Wildman–Crippen LogP) is 4.35. The number of carbonyl (C=O) groups excluding carboxylic acids is 1. The van der Waals surface area contributed by atoms with E-state index in [-0.39, 0.29) is 29.3 Å². The van der Waals surface area contributed by atoms with Gasteiger partial charge in [0.25, 0.3) is 0 Å². The molecule has 0 aromatic heterocycles. The van der Waals surface area contributed by atoms with Crippen molar-refractivity contribution < 1.29 is 15.0 Å². The Morgan fingerprint density at radius 2 is 1.59 bits per heavy atom. The highest BCUT2D eigenvalue weighted by molar-refractivity contribution is 6.01. The molecule has 0 spiro atoms. The molecule has 0 aliphatic heterocycles. The summed E-state index contributed by atoms with van der Waals surface area (Å²) in [4.78, 5) is 12.2. The third-order valence-electron chi connectivity index (χ3n) is 3.81. The van der Waals surface area contributed by atoms with Gasteiger partial charge in [-0.1, -0.05) is 38.1 Å². The predicted molar refractivity (Wildman–Crippen MR) is 87.7 cm³/mol. The van der Waals surface area contributed by atoms with Gasteiger partial charge in [-0.2, -0.15) is 0 Å². The van der Waals surface area contributed by atoms with E-state index in [1.807, 2.05) is 12.1 Å². The zero-order chi connectivity index (χ0) is 16.3. The van der Waals surface area contributed by atoms with Crippen molar-refractivity contribution in [2.45, 2.75) is 39.5 Å². The third kappa shape index (κ3) is 3.67. The summed E-state index contributed by atoms with van der Waals surface area (Å²) in [5, 5.41) is 19.7. The molecule has 0 radical (unpaired) electrons. The number of aryl methyl sites for hydroxylation is 2. The van der Waals surface area contributed by atoms with Gasteiger partial charge in [-0.3, -0.25) is 4.79 Å². The van der Waals surface area contributed by atoms with Gasteiger partial charge in [-0.15, -0.1) is 0 Å². The molecule has 2 aromatic carbocycles. The van der Waals surface area contributed by atoms with Crippen molar-refractivity contribution in [3.8, 4) is 11.5 Å². The normalized spacial score (nSPS) is 10.9. The first-order chi connectivity index (χ1) is 10.4. The summed E-state index contributed by atoms with van der Waals surface area (Å²) in [5.74, 6) is -0.0737. The molecule has 2 rings (SSSR count). The van der Waals surface area contributed by atoms with Gasteiger partial charge in [0.2, 0.25) is 0 Å². The van der Waals surface area contributed by atoms with E-state index in [1.54, 1.807) is 6.92 Å². The maximum absolute atomic E-state index is 12.2. The number of carbonyl (C=O) groups is 1. The monoisotopic (exact) mass is 298 g/mol.